The van der Waals surface area contributed by atoms with Crippen LogP contribution in [0.2, 0.25) is 0 Å². The van der Waals surface area contributed by atoms with Crippen LogP contribution in [0.25, 0.3) is 11.0 Å². The second kappa shape index (κ2) is 4.68. The normalized spacial score (nSPS) is 11.4. The number of hydrogen-bond donors (Lipinski definition) is 0. The molecule has 21 heavy (non-hydrogen) atoms. The first-order chi connectivity index (χ1) is 10.0. The fourth-order valence-electron chi connectivity index (χ4n) is 2.04. The van der Waals surface area contributed by atoms with Gasteiger partial charge in [0.25, 0.3) is 10.0 Å². The largest absolute Gasteiger partial charge is 0.269 e. The summed E-state index contributed by atoms with van der Waals surface area (Å²) in [5, 5.41) is 9.41. The van der Waals surface area contributed by atoms with Gasteiger partial charge in [-0.15, -0.1) is 0 Å². The number of aromatic nitrogens is 3. The Morgan fingerprint density at radius 2 is 1.86 bits per heavy atom. The van der Waals surface area contributed by atoms with Crippen LogP contribution in [0.3, 0.4) is 0 Å². The van der Waals surface area contributed by atoms with Crippen molar-refractivity contribution in [3.05, 3.63) is 54.1 Å². The molecular formula is C14H10N4O2S. The number of rotatable bonds is 2. The summed E-state index contributed by atoms with van der Waals surface area (Å²) in [6.45, 7) is 1.88. The van der Waals surface area contributed by atoms with E-state index in [1.54, 1.807) is 24.3 Å². The Labute approximate surface area is 121 Å². The highest BCUT2D eigenvalue weighted by Gasteiger charge is 2.20. The molecule has 0 saturated heterocycles. The lowest BCUT2D eigenvalue weighted by molar-refractivity contribution is 0.588. The van der Waals surface area contributed by atoms with Crippen LogP contribution < -0.4 is 0 Å². The monoisotopic (exact) mass is 298 g/mol. The molecule has 3 rings (SSSR count). The first kappa shape index (κ1) is 13.3. The van der Waals surface area contributed by atoms with E-state index in [1.165, 1.54) is 18.6 Å². The van der Waals surface area contributed by atoms with Gasteiger partial charge in [0, 0.05) is 6.20 Å². The molecule has 3 aromatic rings. The molecule has 0 radical (unpaired) electrons. The predicted molar refractivity (Wildman–Crippen MR) is 76.0 cm³/mol. The molecule has 0 bridgehead atoms. The maximum absolute atomic E-state index is 12.6. The molecule has 0 unspecified atom stereocenters. The van der Waals surface area contributed by atoms with Crippen molar-refractivity contribution in [3.63, 3.8) is 0 Å². The summed E-state index contributed by atoms with van der Waals surface area (Å²) in [6.07, 6.45) is 2.57. The van der Waals surface area contributed by atoms with Crippen LogP contribution in [0.4, 0.5) is 0 Å². The van der Waals surface area contributed by atoms with Crippen molar-refractivity contribution in [3.8, 4) is 6.07 Å². The first-order valence-corrected chi connectivity index (χ1v) is 7.52. The van der Waals surface area contributed by atoms with Gasteiger partial charge in [0.1, 0.15) is 12.4 Å². The molecule has 0 saturated carbocycles. The van der Waals surface area contributed by atoms with Gasteiger partial charge >= 0.3 is 0 Å². The Hall–Kier alpha value is -2.72. The molecular weight excluding hydrogens is 288 g/mol. The summed E-state index contributed by atoms with van der Waals surface area (Å²) >= 11 is 0. The Kier molecular flexibility index (Phi) is 2.96. The number of hydrogen-bond acceptors (Lipinski definition) is 5. The van der Waals surface area contributed by atoms with Gasteiger partial charge in [-0.05, 0) is 25.1 Å². The van der Waals surface area contributed by atoms with Crippen molar-refractivity contribution in [2.24, 2.45) is 0 Å². The average Bonchev–Trinajstić information content (AvgIpc) is 2.92. The first-order valence-electron chi connectivity index (χ1n) is 6.08. The standard InChI is InChI=1S/C14H10N4O2S/c1-10-2-4-11(5-3-10)21(19,20)18-7-6-12-13(8-15)16-9-17-14(12)18/h2-7,9H,1H3. The van der Waals surface area contributed by atoms with Gasteiger partial charge in [0.05, 0.1) is 10.3 Å². The van der Waals surface area contributed by atoms with Gasteiger partial charge < -0.3 is 0 Å². The molecule has 2 heterocycles. The summed E-state index contributed by atoms with van der Waals surface area (Å²) < 4.78 is 26.3. The molecule has 0 aliphatic heterocycles. The summed E-state index contributed by atoms with van der Waals surface area (Å²) in [7, 11) is -3.75. The third-order valence-corrected chi connectivity index (χ3v) is 4.81. The van der Waals surface area contributed by atoms with Gasteiger partial charge in [-0.25, -0.2) is 22.4 Å². The lowest BCUT2D eigenvalue weighted by Gasteiger charge is -2.07. The zero-order chi connectivity index (χ0) is 15.0. The highest BCUT2D eigenvalue weighted by atomic mass is 32.2. The van der Waals surface area contributed by atoms with Gasteiger partial charge in [0.15, 0.2) is 11.3 Å². The van der Waals surface area contributed by atoms with Gasteiger partial charge in [-0.3, -0.25) is 0 Å². The summed E-state index contributed by atoms with van der Waals surface area (Å²) in [5.41, 5.74) is 1.32. The van der Waals surface area contributed by atoms with Crippen molar-refractivity contribution in [2.45, 2.75) is 11.8 Å². The molecule has 0 amide bonds. The molecule has 1 aromatic carbocycles. The van der Waals surface area contributed by atoms with E-state index in [-0.39, 0.29) is 16.2 Å². The zero-order valence-electron chi connectivity index (χ0n) is 11.1. The van der Waals surface area contributed by atoms with Crippen molar-refractivity contribution >= 4 is 21.1 Å². The molecule has 0 atom stereocenters. The second-order valence-electron chi connectivity index (χ2n) is 4.50. The van der Waals surface area contributed by atoms with E-state index in [4.69, 9.17) is 5.26 Å². The van der Waals surface area contributed by atoms with Gasteiger partial charge in [-0.2, -0.15) is 5.26 Å². The van der Waals surface area contributed by atoms with Crippen LogP contribution in [0.15, 0.2) is 47.8 Å². The molecule has 0 spiro atoms. The van der Waals surface area contributed by atoms with Gasteiger partial charge in [0.2, 0.25) is 0 Å². The molecule has 104 valence electrons. The molecule has 7 heteroatoms. The molecule has 0 aliphatic carbocycles. The van der Waals surface area contributed by atoms with Gasteiger partial charge in [-0.1, -0.05) is 17.7 Å². The highest BCUT2D eigenvalue weighted by Crippen LogP contribution is 2.22. The lowest BCUT2D eigenvalue weighted by Crippen LogP contribution is -2.12. The van der Waals surface area contributed by atoms with Crippen LogP contribution in [0.1, 0.15) is 11.3 Å². The molecule has 0 aliphatic rings. The maximum Gasteiger partial charge on any atom is 0.269 e. The van der Waals surface area contributed by atoms with Crippen molar-refractivity contribution < 1.29 is 8.42 Å². The quantitative estimate of drug-likeness (QED) is 0.720. The molecule has 2 aromatic heterocycles. The van der Waals surface area contributed by atoms with Crippen LogP contribution >= 0.6 is 0 Å². The number of aryl methyl sites for hydroxylation is 1. The number of nitriles is 1. The van der Waals surface area contributed by atoms with Crippen LogP contribution in [0.5, 0.6) is 0 Å². The average molecular weight is 298 g/mol. The molecule has 0 fully saturated rings. The van der Waals surface area contributed by atoms with E-state index in [1.807, 2.05) is 13.0 Å². The third kappa shape index (κ3) is 2.06. The van der Waals surface area contributed by atoms with Crippen LogP contribution in [-0.2, 0) is 10.0 Å². The van der Waals surface area contributed by atoms with Crippen LogP contribution in [-0.4, -0.2) is 22.4 Å². The van der Waals surface area contributed by atoms with E-state index < -0.39 is 10.0 Å². The van der Waals surface area contributed by atoms with E-state index >= 15 is 0 Å². The predicted octanol–water partition coefficient (Wildman–Crippen LogP) is 1.85. The summed E-state index contributed by atoms with van der Waals surface area (Å²) in [6, 6.07) is 10.0. The smallest absolute Gasteiger partial charge is 0.225 e. The number of fused-ring (bicyclic) bond motifs is 1. The maximum atomic E-state index is 12.6. The zero-order valence-corrected chi connectivity index (χ0v) is 11.9. The van der Waals surface area contributed by atoms with E-state index in [0.29, 0.717) is 5.39 Å². The minimum atomic E-state index is -3.75. The van der Waals surface area contributed by atoms with E-state index in [2.05, 4.69) is 9.97 Å². The minimum Gasteiger partial charge on any atom is -0.225 e. The molecule has 6 nitrogen and oxygen atoms in total. The Bertz CT molecular complexity index is 966. The topological polar surface area (TPSA) is 88.6 Å². The van der Waals surface area contributed by atoms with Crippen molar-refractivity contribution in [1.29, 1.82) is 5.26 Å². The van der Waals surface area contributed by atoms with Crippen molar-refractivity contribution in [1.82, 2.24) is 13.9 Å². The fourth-order valence-corrected chi connectivity index (χ4v) is 3.34. The third-order valence-electron chi connectivity index (χ3n) is 3.13. The SMILES string of the molecule is Cc1ccc(S(=O)(=O)n2ccc3c(C#N)ncnc32)cc1. The van der Waals surface area contributed by atoms with Crippen molar-refractivity contribution in [2.75, 3.05) is 0 Å². The summed E-state index contributed by atoms with van der Waals surface area (Å²) in [4.78, 5) is 7.97. The second-order valence-corrected chi connectivity index (χ2v) is 6.32. The molecule has 0 N–H and O–H groups in total. The Balaban J connectivity index is 2.25. The van der Waals surface area contributed by atoms with E-state index in [0.717, 1.165) is 9.54 Å². The number of nitrogens with zero attached hydrogens (tertiary/aromatic N) is 4. The Morgan fingerprint density at radius 1 is 1.14 bits per heavy atom. The minimum absolute atomic E-state index is 0.151. The fraction of sp³-hybridized carbons (Fsp3) is 0.0714. The van der Waals surface area contributed by atoms with E-state index in [9.17, 15) is 8.42 Å². The lowest BCUT2D eigenvalue weighted by atomic mass is 10.2. The number of benzene rings is 1. The highest BCUT2D eigenvalue weighted by molar-refractivity contribution is 7.90. The Morgan fingerprint density at radius 3 is 2.52 bits per heavy atom. The summed E-state index contributed by atoms with van der Waals surface area (Å²) in [5.74, 6) is 0. The van der Waals surface area contributed by atoms with Crippen LogP contribution in [0, 0.1) is 18.3 Å².